The maximum absolute atomic E-state index is 2.36. The van der Waals surface area contributed by atoms with Crippen molar-refractivity contribution < 1.29 is 0 Å². The van der Waals surface area contributed by atoms with Crippen molar-refractivity contribution in [1.29, 1.82) is 0 Å². The molecule has 0 atom stereocenters. The molecule has 0 fully saturated rings. The minimum absolute atomic E-state index is 1.09. The van der Waals surface area contributed by atoms with Crippen LogP contribution in [-0.4, -0.2) is 0 Å². The van der Waals surface area contributed by atoms with E-state index in [9.17, 15) is 0 Å². The molecule has 0 aliphatic carbocycles. The van der Waals surface area contributed by atoms with Gasteiger partial charge in [0.2, 0.25) is 0 Å². The molecule has 65 heavy (non-hydrogen) atoms. The summed E-state index contributed by atoms with van der Waals surface area (Å²) in [4.78, 5) is 2.36. The zero-order valence-corrected chi connectivity index (χ0v) is 35.8. The molecule has 0 aliphatic rings. The number of benzene rings is 12. The normalized spacial score (nSPS) is 11.4. The van der Waals surface area contributed by atoms with E-state index in [4.69, 9.17) is 0 Å². The van der Waals surface area contributed by atoms with Gasteiger partial charge in [0.25, 0.3) is 0 Å². The zero-order valence-electron chi connectivity index (χ0n) is 35.8. The molecule has 12 rings (SSSR count). The van der Waals surface area contributed by atoms with E-state index in [1.165, 1.54) is 98.7 Å². The van der Waals surface area contributed by atoms with Gasteiger partial charge in [-0.1, -0.05) is 212 Å². The Balaban J connectivity index is 0.892. The number of anilines is 3. The fourth-order valence-corrected chi connectivity index (χ4v) is 9.76. The second kappa shape index (κ2) is 16.3. The van der Waals surface area contributed by atoms with Gasteiger partial charge >= 0.3 is 0 Å². The Morgan fingerprint density at radius 1 is 0.185 bits per heavy atom. The van der Waals surface area contributed by atoms with Gasteiger partial charge in [-0.15, -0.1) is 0 Å². The van der Waals surface area contributed by atoms with Gasteiger partial charge in [0.15, 0.2) is 0 Å². The standard InChI is InChI=1S/C64H43N/c1-2-12-44(13-3-1)45-22-24-46(25-23-45)48-30-36-54(37-31-48)65(56-40-34-51(35-41-56)64-43-53-15-5-7-17-58(53)60-19-9-11-21-62(60)64)55-38-32-49(33-39-55)47-26-28-50(29-27-47)63-42-52-14-4-6-16-57(52)59-18-8-10-20-61(59)63/h1-43H. The topological polar surface area (TPSA) is 3.24 Å². The number of nitrogens with zero attached hydrogens (tertiary/aromatic N) is 1. The Kier molecular flexibility index (Phi) is 9.58. The lowest BCUT2D eigenvalue weighted by molar-refractivity contribution is 1.28. The molecule has 0 aromatic heterocycles. The van der Waals surface area contributed by atoms with Gasteiger partial charge in [0.1, 0.15) is 0 Å². The first-order valence-electron chi connectivity index (χ1n) is 22.4. The first-order valence-corrected chi connectivity index (χ1v) is 22.4. The minimum atomic E-state index is 1.09. The third-order valence-electron chi connectivity index (χ3n) is 13.1. The first-order chi connectivity index (χ1) is 32.2. The van der Waals surface area contributed by atoms with Crippen LogP contribution in [0.4, 0.5) is 17.1 Å². The average Bonchev–Trinajstić information content (AvgIpc) is 3.39. The van der Waals surface area contributed by atoms with Crippen LogP contribution in [0.1, 0.15) is 0 Å². The molecular formula is C64H43N. The molecule has 0 bridgehead atoms. The Bertz CT molecular complexity index is 3650. The molecule has 0 aliphatic heterocycles. The molecule has 0 N–H and O–H groups in total. The highest BCUT2D eigenvalue weighted by Gasteiger charge is 2.16. The molecule has 0 radical (unpaired) electrons. The summed E-state index contributed by atoms with van der Waals surface area (Å²) in [6, 6.07) is 95.1. The van der Waals surface area contributed by atoms with E-state index in [1.54, 1.807) is 0 Å². The van der Waals surface area contributed by atoms with Crippen LogP contribution >= 0.6 is 0 Å². The molecule has 12 aromatic carbocycles. The number of hydrogen-bond acceptors (Lipinski definition) is 1. The van der Waals surface area contributed by atoms with Crippen LogP contribution in [0.15, 0.2) is 261 Å². The fourth-order valence-electron chi connectivity index (χ4n) is 9.76. The molecule has 0 amide bonds. The van der Waals surface area contributed by atoms with E-state index in [1.807, 2.05) is 0 Å². The summed E-state index contributed by atoms with van der Waals surface area (Å²) in [6.07, 6.45) is 0. The van der Waals surface area contributed by atoms with Crippen molar-refractivity contribution in [3.8, 4) is 55.6 Å². The second-order valence-electron chi connectivity index (χ2n) is 16.9. The van der Waals surface area contributed by atoms with Crippen LogP contribution in [-0.2, 0) is 0 Å². The highest BCUT2D eigenvalue weighted by atomic mass is 15.1. The molecule has 0 unspecified atom stereocenters. The molecule has 0 saturated heterocycles. The van der Waals surface area contributed by atoms with Crippen LogP contribution in [0, 0.1) is 0 Å². The van der Waals surface area contributed by atoms with Gasteiger partial charge in [-0.2, -0.15) is 0 Å². The lowest BCUT2D eigenvalue weighted by Gasteiger charge is -2.26. The Hall–Kier alpha value is -8.52. The average molecular weight is 826 g/mol. The Morgan fingerprint density at radius 2 is 0.446 bits per heavy atom. The van der Waals surface area contributed by atoms with E-state index in [-0.39, 0.29) is 0 Å². The predicted octanol–water partition coefficient (Wildman–Crippen LogP) is 18.1. The lowest BCUT2D eigenvalue weighted by Crippen LogP contribution is -2.09. The molecule has 0 spiro atoms. The van der Waals surface area contributed by atoms with Crippen LogP contribution in [0.5, 0.6) is 0 Å². The smallest absolute Gasteiger partial charge is 0.0462 e. The maximum Gasteiger partial charge on any atom is 0.0462 e. The zero-order chi connectivity index (χ0) is 43.1. The second-order valence-corrected chi connectivity index (χ2v) is 16.9. The SMILES string of the molecule is c1ccc(-c2ccc(-c3ccc(N(c4ccc(-c5ccc(-c6cc7ccccc7c7ccccc67)cc5)cc4)c4ccc(-c5cc6ccccc6c6ccccc56)cc4)cc3)cc2)cc1. The molecule has 12 aromatic rings. The summed E-state index contributed by atoms with van der Waals surface area (Å²) in [7, 11) is 0. The van der Waals surface area contributed by atoms with E-state index in [0.717, 1.165) is 17.1 Å². The highest BCUT2D eigenvalue weighted by Crippen LogP contribution is 2.41. The molecule has 304 valence electrons. The van der Waals surface area contributed by atoms with Crippen molar-refractivity contribution in [2.24, 2.45) is 0 Å². The maximum atomic E-state index is 2.36. The number of fused-ring (bicyclic) bond motifs is 6. The summed E-state index contributed by atoms with van der Waals surface area (Å²) in [5.74, 6) is 0. The van der Waals surface area contributed by atoms with Gasteiger partial charge in [-0.05, 0) is 147 Å². The lowest BCUT2D eigenvalue weighted by atomic mass is 9.92. The van der Waals surface area contributed by atoms with Crippen LogP contribution < -0.4 is 4.90 Å². The number of rotatable bonds is 8. The van der Waals surface area contributed by atoms with Crippen LogP contribution in [0.25, 0.3) is 98.7 Å². The quantitative estimate of drug-likeness (QED) is 0.138. The molecule has 1 nitrogen and oxygen atoms in total. The molecule has 0 heterocycles. The van der Waals surface area contributed by atoms with E-state index >= 15 is 0 Å². The first kappa shape index (κ1) is 38.2. The van der Waals surface area contributed by atoms with Gasteiger partial charge in [-0.25, -0.2) is 0 Å². The summed E-state index contributed by atoms with van der Waals surface area (Å²) < 4.78 is 0. The van der Waals surface area contributed by atoms with Crippen molar-refractivity contribution in [3.63, 3.8) is 0 Å². The van der Waals surface area contributed by atoms with E-state index < -0.39 is 0 Å². The van der Waals surface area contributed by atoms with E-state index in [2.05, 4.69) is 266 Å². The van der Waals surface area contributed by atoms with Gasteiger partial charge in [0, 0.05) is 17.1 Å². The molecule has 0 saturated carbocycles. The van der Waals surface area contributed by atoms with Crippen molar-refractivity contribution in [3.05, 3.63) is 261 Å². The van der Waals surface area contributed by atoms with Gasteiger partial charge in [-0.3, -0.25) is 0 Å². The van der Waals surface area contributed by atoms with Gasteiger partial charge in [0.05, 0.1) is 0 Å². The van der Waals surface area contributed by atoms with E-state index in [0.29, 0.717) is 0 Å². The molecule has 1 heteroatoms. The fraction of sp³-hybridized carbons (Fsp3) is 0. The summed E-state index contributed by atoms with van der Waals surface area (Å²) in [5, 5.41) is 10.2. The Morgan fingerprint density at radius 3 is 0.831 bits per heavy atom. The van der Waals surface area contributed by atoms with Gasteiger partial charge < -0.3 is 4.90 Å². The van der Waals surface area contributed by atoms with Crippen molar-refractivity contribution >= 4 is 60.2 Å². The molecular weight excluding hydrogens is 783 g/mol. The summed E-state index contributed by atoms with van der Waals surface area (Å²) in [5.41, 5.74) is 15.4. The third-order valence-corrected chi connectivity index (χ3v) is 13.1. The van der Waals surface area contributed by atoms with Crippen molar-refractivity contribution in [1.82, 2.24) is 0 Å². The summed E-state index contributed by atoms with van der Waals surface area (Å²) in [6.45, 7) is 0. The third kappa shape index (κ3) is 7.10. The number of hydrogen-bond donors (Lipinski definition) is 0. The van der Waals surface area contributed by atoms with Crippen LogP contribution in [0.2, 0.25) is 0 Å². The largest absolute Gasteiger partial charge is 0.311 e. The van der Waals surface area contributed by atoms with Crippen molar-refractivity contribution in [2.45, 2.75) is 0 Å². The summed E-state index contributed by atoms with van der Waals surface area (Å²) >= 11 is 0. The minimum Gasteiger partial charge on any atom is -0.311 e. The van der Waals surface area contributed by atoms with Crippen LogP contribution in [0.3, 0.4) is 0 Å². The highest BCUT2D eigenvalue weighted by molar-refractivity contribution is 6.15. The van der Waals surface area contributed by atoms with Crippen molar-refractivity contribution in [2.75, 3.05) is 4.90 Å². The monoisotopic (exact) mass is 825 g/mol. The predicted molar refractivity (Wildman–Crippen MR) is 278 cm³/mol. The Labute approximate surface area is 379 Å².